The Balaban J connectivity index is 4.16. The van der Waals surface area contributed by atoms with Gasteiger partial charge in [0.15, 0.2) is 0 Å². The van der Waals surface area contributed by atoms with Gasteiger partial charge in [-0.3, -0.25) is 13.8 Å². The van der Waals surface area contributed by atoms with Crippen molar-refractivity contribution in [2.45, 2.75) is 142 Å². The number of hydrogen-bond donors (Lipinski definition) is 2. The Hall–Kier alpha value is -0.500. The first-order chi connectivity index (χ1) is 17.9. The van der Waals surface area contributed by atoms with Crippen LogP contribution in [0.1, 0.15) is 136 Å². The van der Waals surface area contributed by atoms with Gasteiger partial charge >= 0.3 is 13.8 Å². The Morgan fingerprint density at radius 3 is 1.70 bits per heavy atom. The minimum absolute atomic E-state index is 0.0914. The lowest BCUT2D eigenvalue weighted by molar-refractivity contribution is -0.154. The van der Waals surface area contributed by atoms with E-state index in [4.69, 9.17) is 24.3 Å². The molecule has 2 atom stereocenters. The standard InChI is InChI=1S/C28H58NO7P/c1-3-5-7-9-11-12-13-14-15-17-19-21-28(30)36-27(26-35-37(31,32)34-24-22-29)25-33-23-20-18-16-10-8-6-4-2/h27H,3-26,29H2,1-2H3,(H,31,32). The molecule has 0 spiro atoms. The monoisotopic (exact) mass is 551 g/mol. The molecule has 0 aromatic heterocycles. The number of rotatable bonds is 29. The molecule has 0 aromatic carbocycles. The predicted octanol–water partition coefficient (Wildman–Crippen LogP) is 7.46. The molecule has 8 nitrogen and oxygen atoms in total. The van der Waals surface area contributed by atoms with Crippen molar-refractivity contribution >= 4 is 13.8 Å². The van der Waals surface area contributed by atoms with Crippen LogP contribution in [0.2, 0.25) is 0 Å². The lowest BCUT2D eigenvalue weighted by Crippen LogP contribution is -2.28. The van der Waals surface area contributed by atoms with Crippen molar-refractivity contribution in [3.63, 3.8) is 0 Å². The summed E-state index contributed by atoms with van der Waals surface area (Å²) in [7, 11) is -4.24. The average molecular weight is 552 g/mol. The summed E-state index contributed by atoms with van der Waals surface area (Å²) >= 11 is 0. The molecule has 0 rings (SSSR count). The maximum atomic E-state index is 12.4. The van der Waals surface area contributed by atoms with Crippen LogP contribution >= 0.6 is 7.82 Å². The lowest BCUT2D eigenvalue weighted by atomic mass is 10.1. The first-order valence-corrected chi connectivity index (χ1v) is 16.5. The summed E-state index contributed by atoms with van der Waals surface area (Å²) < 4.78 is 32.9. The van der Waals surface area contributed by atoms with E-state index in [9.17, 15) is 14.3 Å². The molecule has 2 unspecified atom stereocenters. The van der Waals surface area contributed by atoms with Crippen molar-refractivity contribution in [1.29, 1.82) is 0 Å². The van der Waals surface area contributed by atoms with Crippen LogP contribution < -0.4 is 5.73 Å². The fourth-order valence-electron chi connectivity index (χ4n) is 4.05. The van der Waals surface area contributed by atoms with Crippen molar-refractivity contribution in [3.8, 4) is 0 Å². The molecular weight excluding hydrogens is 493 g/mol. The van der Waals surface area contributed by atoms with Crippen molar-refractivity contribution in [2.24, 2.45) is 5.73 Å². The van der Waals surface area contributed by atoms with Crippen LogP contribution in [-0.2, 0) is 27.9 Å². The van der Waals surface area contributed by atoms with Gasteiger partial charge in [-0.05, 0) is 12.8 Å². The van der Waals surface area contributed by atoms with Gasteiger partial charge in [0, 0.05) is 19.6 Å². The minimum atomic E-state index is -4.24. The van der Waals surface area contributed by atoms with Gasteiger partial charge in [-0.1, -0.05) is 117 Å². The third-order valence-corrected chi connectivity index (χ3v) is 7.26. The first kappa shape index (κ1) is 36.5. The maximum Gasteiger partial charge on any atom is 0.472 e. The van der Waals surface area contributed by atoms with Crippen LogP contribution in [0.15, 0.2) is 0 Å². The molecule has 0 radical (unpaired) electrons. The third kappa shape index (κ3) is 26.9. The number of phosphoric acid groups is 1. The van der Waals surface area contributed by atoms with Crippen molar-refractivity contribution in [1.82, 2.24) is 0 Å². The molecule has 9 heteroatoms. The summed E-state index contributed by atoms with van der Waals surface area (Å²) in [5.74, 6) is -0.334. The molecule has 0 aliphatic carbocycles. The Morgan fingerprint density at radius 1 is 0.703 bits per heavy atom. The van der Waals surface area contributed by atoms with Crippen molar-refractivity contribution in [2.75, 3.05) is 33.0 Å². The molecule has 0 aliphatic heterocycles. The quantitative estimate of drug-likeness (QED) is 0.0559. The highest BCUT2D eigenvalue weighted by Gasteiger charge is 2.25. The number of unbranched alkanes of at least 4 members (excludes halogenated alkanes) is 16. The Bertz CT molecular complexity index is 551. The van der Waals surface area contributed by atoms with E-state index in [2.05, 4.69) is 13.8 Å². The highest BCUT2D eigenvalue weighted by atomic mass is 31.2. The van der Waals surface area contributed by atoms with Gasteiger partial charge < -0.3 is 20.1 Å². The Labute approximate surface area is 227 Å². The van der Waals surface area contributed by atoms with E-state index < -0.39 is 13.9 Å². The van der Waals surface area contributed by atoms with Crippen LogP contribution in [0, 0.1) is 0 Å². The van der Waals surface area contributed by atoms with Crippen LogP contribution in [-0.4, -0.2) is 49.9 Å². The number of esters is 1. The van der Waals surface area contributed by atoms with Crippen LogP contribution in [0.5, 0.6) is 0 Å². The van der Waals surface area contributed by atoms with Gasteiger partial charge in [-0.25, -0.2) is 4.57 Å². The van der Waals surface area contributed by atoms with E-state index in [-0.39, 0.29) is 32.3 Å². The summed E-state index contributed by atoms with van der Waals surface area (Å²) in [6.07, 6.45) is 21.2. The average Bonchev–Trinajstić information content (AvgIpc) is 2.88. The molecule has 222 valence electrons. The summed E-state index contributed by atoms with van der Waals surface area (Å²) in [5.41, 5.74) is 5.31. The molecule has 0 saturated heterocycles. The van der Waals surface area contributed by atoms with E-state index in [0.717, 1.165) is 32.1 Å². The highest BCUT2D eigenvalue weighted by Crippen LogP contribution is 2.43. The second-order valence-electron chi connectivity index (χ2n) is 9.98. The van der Waals surface area contributed by atoms with Crippen molar-refractivity contribution < 1.29 is 32.8 Å². The van der Waals surface area contributed by atoms with Gasteiger partial charge in [0.05, 0.1) is 19.8 Å². The molecule has 0 heterocycles. The molecule has 0 saturated carbocycles. The predicted molar refractivity (Wildman–Crippen MR) is 151 cm³/mol. The maximum absolute atomic E-state index is 12.4. The first-order valence-electron chi connectivity index (χ1n) is 15.0. The number of carbonyl (C=O) groups excluding carboxylic acids is 1. The SMILES string of the molecule is CCCCCCCCCCCCCC(=O)OC(COCCCCCCCCC)COP(=O)(O)OCCN. The molecular formula is C28H58NO7P. The molecule has 0 fully saturated rings. The van der Waals surface area contributed by atoms with Crippen LogP contribution in [0.3, 0.4) is 0 Å². The lowest BCUT2D eigenvalue weighted by Gasteiger charge is -2.20. The molecule has 0 amide bonds. The van der Waals surface area contributed by atoms with Crippen molar-refractivity contribution in [3.05, 3.63) is 0 Å². The number of ether oxygens (including phenoxy) is 2. The fraction of sp³-hybridized carbons (Fsp3) is 0.964. The van der Waals surface area contributed by atoms with E-state index >= 15 is 0 Å². The zero-order valence-electron chi connectivity index (χ0n) is 24.0. The zero-order chi connectivity index (χ0) is 27.5. The molecule has 37 heavy (non-hydrogen) atoms. The number of nitrogens with two attached hydrogens (primary N) is 1. The summed E-state index contributed by atoms with van der Waals surface area (Å²) in [5, 5.41) is 0. The van der Waals surface area contributed by atoms with E-state index in [1.807, 2.05) is 0 Å². The third-order valence-electron chi connectivity index (χ3n) is 6.27. The summed E-state index contributed by atoms with van der Waals surface area (Å²) in [6.45, 7) is 4.87. The Morgan fingerprint density at radius 2 is 1.19 bits per heavy atom. The van der Waals surface area contributed by atoms with Gasteiger partial charge in [0.2, 0.25) is 0 Å². The normalized spacial score (nSPS) is 13.9. The van der Waals surface area contributed by atoms with Crippen LogP contribution in [0.25, 0.3) is 0 Å². The summed E-state index contributed by atoms with van der Waals surface area (Å²) in [4.78, 5) is 22.1. The Kier molecular flexibility index (Phi) is 26.7. The van der Waals surface area contributed by atoms with Gasteiger partial charge in [-0.15, -0.1) is 0 Å². The van der Waals surface area contributed by atoms with E-state index in [0.29, 0.717) is 13.0 Å². The molecule has 0 aliphatic rings. The highest BCUT2D eigenvalue weighted by molar-refractivity contribution is 7.47. The number of carbonyl (C=O) groups is 1. The smallest absolute Gasteiger partial charge is 0.457 e. The van der Waals surface area contributed by atoms with Gasteiger partial charge in [0.1, 0.15) is 6.10 Å². The van der Waals surface area contributed by atoms with E-state index in [1.54, 1.807) is 0 Å². The molecule has 3 N–H and O–H groups in total. The zero-order valence-corrected chi connectivity index (χ0v) is 24.9. The fourth-order valence-corrected chi connectivity index (χ4v) is 4.82. The topological polar surface area (TPSA) is 117 Å². The molecule has 0 aromatic rings. The second kappa shape index (κ2) is 27.1. The second-order valence-corrected chi connectivity index (χ2v) is 11.4. The van der Waals surface area contributed by atoms with Gasteiger partial charge in [-0.2, -0.15) is 0 Å². The minimum Gasteiger partial charge on any atom is -0.457 e. The number of phosphoric ester groups is 1. The van der Waals surface area contributed by atoms with Gasteiger partial charge in [0.25, 0.3) is 0 Å². The molecule has 0 bridgehead atoms. The van der Waals surface area contributed by atoms with E-state index in [1.165, 1.54) is 83.5 Å². The number of hydrogen-bond acceptors (Lipinski definition) is 7. The largest absolute Gasteiger partial charge is 0.472 e. The van der Waals surface area contributed by atoms with Crippen LogP contribution in [0.4, 0.5) is 0 Å². The summed E-state index contributed by atoms with van der Waals surface area (Å²) in [6, 6.07) is 0.